The number of hydrogen-bond donors (Lipinski definition) is 3. The summed E-state index contributed by atoms with van der Waals surface area (Å²) in [5.41, 5.74) is 2.93. The number of nitrogens with two attached hydrogens (primary N) is 1. The molecular formula is C18H23N3O3S. The van der Waals surface area contributed by atoms with Crippen molar-refractivity contribution in [2.24, 2.45) is 5.14 Å². The second-order valence-corrected chi connectivity index (χ2v) is 7.66. The topological polar surface area (TPSA) is 101 Å². The third kappa shape index (κ3) is 5.88. The third-order valence-corrected chi connectivity index (χ3v) is 4.70. The summed E-state index contributed by atoms with van der Waals surface area (Å²) in [4.78, 5) is 12.0. The zero-order valence-corrected chi connectivity index (χ0v) is 15.1. The Balaban J connectivity index is 1.80. The van der Waals surface area contributed by atoms with Crippen LogP contribution in [0.4, 0.5) is 5.69 Å². The lowest BCUT2D eigenvalue weighted by Gasteiger charge is -2.10. The monoisotopic (exact) mass is 361 g/mol. The summed E-state index contributed by atoms with van der Waals surface area (Å²) in [6.45, 7) is 4.74. The molecule has 4 N–H and O–H groups in total. The number of primary sulfonamides is 1. The van der Waals surface area contributed by atoms with Gasteiger partial charge in [0, 0.05) is 12.2 Å². The van der Waals surface area contributed by atoms with Crippen molar-refractivity contribution in [1.29, 1.82) is 0 Å². The first-order valence-corrected chi connectivity index (χ1v) is 9.52. The van der Waals surface area contributed by atoms with Crippen LogP contribution >= 0.6 is 0 Å². The molecule has 7 heteroatoms. The van der Waals surface area contributed by atoms with E-state index >= 15 is 0 Å². The van der Waals surface area contributed by atoms with Crippen molar-refractivity contribution in [3.63, 3.8) is 0 Å². The molecule has 0 aliphatic heterocycles. The van der Waals surface area contributed by atoms with Crippen LogP contribution in [0.25, 0.3) is 0 Å². The maximum atomic E-state index is 11.9. The van der Waals surface area contributed by atoms with E-state index < -0.39 is 10.0 Å². The van der Waals surface area contributed by atoms with Gasteiger partial charge in [-0.3, -0.25) is 4.79 Å². The molecule has 0 saturated carbocycles. The number of benzene rings is 2. The number of carbonyl (C=O) groups is 1. The average molecular weight is 361 g/mol. The van der Waals surface area contributed by atoms with Crippen molar-refractivity contribution < 1.29 is 13.2 Å². The van der Waals surface area contributed by atoms with Gasteiger partial charge in [0.2, 0.25) is 15.9 Å². The van der Waals surface area contributed by atoms with Crippen molar-refractivity contribution in [3.05, 3.63) is 59.7 Å². The highest BCUT2D eigenvalue weighted by atomic mass is 32.2. The Hall–Kier alpha value is -2.38. The summed E-state index contributed by atoms with van der Waals surface area (Å²) in [6.07, 6.45) is 0. The molecule has 0 aliphatic carbocycles. The first-order valence-electron chi connectivity index (χ1n) is 7.98. The van der Waals surface area contributed by atoms with Crippen molar-refractivity contribution in [2.75, 3.05) is 11.9 Å². The number of carbonyl (C=O) groups excluding carboxylic acids is 1. The predicted molar refractivity (Wildman–Crippen MR) is 98.7 cm³/mol. The minimum Gasteiger partial charge on any atom is -0.376 e. The van der Waals surface area contributed by atoms with E-state index in [9.17, 15) is 13.2 Å². The van der Waals surface area contributed by atoms with Crippen LogP contribution in [-0.2, 0) is 21.4 Å². The molecule has 0 atom stereocenters. The van der Waals surface area contributed by atoms with Crippen LogP contribution in [-0.4, -0.2) is 20.9 Å². The maximum Gasteiger partial charge on any atom is 0.239 e. The Bertz CT molecular complexity index is 814. The molecule has 6 nitrogen and oxygen atoms in total. The number of amides is 1. The molecule has 0 spiro atoms. The van der Waals surface area contributed by atoms with Crippen LogP contribution < -0.4 is 15.8 Å². The van der Waals surface area contributed by atoms with Crippen molar-refractivity contribution in [3.8, 4) is 0 Å². The van der Waals surface area contributed by atoms with Crippen molar-refractivity contribution in [2.45, 2.75) is 31.2 Å². The Labute approximate surface area is 148 Å². The third-order valence-electron chi connectivity index (χ3n) is 3.77. The minimum absolute atomic E-state index is 0.0501. The number of nitrogens with one attached hydrogen (secondary N) is 2. The molecular weight excluding hydrogens is 338 g/mol. The van der Waals surface area contributed by atoms with Crippen LogP contribution in [0, 0.1) is 0 Å². The van der Waals surface area contributed by atoms with Gasteiger partial charge in [-0.15, -0.1) is 0 Å². The van der Waals surface area contributed by atoms with Gasteiger partial charge < -0.3 is 10.6 Å². The number of hydrogen-bond acceptors (Lipinski definition) is 4. The van der Waals surface area contributed by atoms with Gasteiger partial charge in [-0.1, -0.05) is 38.1 Å². The molecule has 0 unspecified atom stereocenters. The van der Waals surface area contributed by atoms with E-state index in [2.05, 4.69) is 24.5 Å². The van der Waals surface area contributed by atoms with E-state index in [-0.39, 0.29) is 17.3 Å². The fourth-order valence-electron chi connectivity index (χ4n) is 2.23. The predicted octanol–water partition coefficient (Wildman–Crippen LogP) is 2.19. The van der Waals surface area contributed by atoms with Gasteiger partial charge >= 0.3 is 0 Å². The standard InChI is InChI=1S/C18H23N3O3S/c1-13(2)15-5-7-16(8-6-15)20-12-18(22)21-11-14-3-9-17(10-4-14)25(19,23)24/h3-10,13,20H,11-12H2,1-2H3,(H,21,22)(H2,19,23,24). The fraction of sp³-hybridized carbons (Fsp3) is 0.278. The summed E-state index contributed by atoms with van der Waals surface area (Å²) in [5, 5.41) is 10.9. The van der Waals surface area contributed by atoms with Crippen molar-refractivity contribution >= 4 is 21.6 Å². The van der Waals surface area contributed by atoms with Crippen LogP contribution in [0.2, 0.25) is 0 Å². The van der Waals surface area contributed by atoms with Gasteiger partial charge in [-0.05, 0) is 41.3 Å². The molecule has 2 aromatic rings. The number of anilines is 1. The smallest absolute Gasteiger partial charge is 0.239 e. The fourth-order valence-corrected chi connectivity index (χ4v) is 2.74. The van der Waals surface area contributed by atoms with Crippen LogP contribution in [0.3, 0.4) is 0 Å². The second kappa shape index (κ2) is 8.13. The Morgan fingerprint density at radius 1 is 1.04 bits per heavy atom. The number of sulfonamides is 1. The molecule has 25 heavy (non-hydrogen) atoms. The molecule has 0 heterocycles. The van der Waals surface area contributed by atoms with E-state index in [1.54, 1.807) is 12.1 Å². The normalized spacial score (nSPS) is 11.4. The van der Waals surface area contributed by atoms with E-state index in [0.29, 0.717) is 12.5 Å². The highest BCUT2D eigenvalue weighted by Gasteiger charge is 2.07. The van der Waals surface area contributed by atoms with Crippen LogP contribution in [0.5, 0.6) is 0 Å². The zero-order valence-electron chi connectivity index (χ0n) is 14.3. The summed E-state index contributed by atoms with van der Waals surface area (Å²) in [6, 6.07) is 14.1. The molecule has 0 aromatic heterocycles. The molecule has 0 aliphatic rings. The molecule has 0 radical (unpaired) electrons. The summed E-state index contributed by atoms with van der Waals surface area (Å²) >= 11 is 0. The summed E-state index contributed by atoms with van der Waals surface area (Å²) < 4.78 is 22.4. The molecule has 0 saturated heterocycles. The molecule has 134 valence electrons. The quantitative estimate of drug-likeness (QED) is 0.703. The number of rotatable bonds is 7. The first-order chi connectivity index (χ1) is 11.8. The maximum absolute atomic E-state index is 11.9. The molecule has 0 bridgehead atoms. The van der Waals surface area contributed by atoms with Crippen LogP contribution in [0.1, 0.15) is 30.9 Å². The second-order valence-electron chi connectivity index (χ2n) is 6.10. The lowest BCUT2D eigenvalue weighted by atomic mass is 10.0. The zero-order chi connectivity index (χ0) is 18.4. The summed E-state index contributed by atoms with van der Waals surface area (Å²) in [7, 11) is -3.70. The van der Waals surface area contributed by atoms with Crippen molar-refractivity contribution in [1.82, 2.24) is 5.32 Å². The van der Waals surface area contributed by atoms with Crippen LogP contribution in [0.15, 0.2) is 53.4 Å². The molecule has 0 fully saturated rings. The van der Waals surface area contributed by atoms with Gasteiger partial charge in [0.25, 0.3) is 0 Å². The van der Waals surface area contributed by atoms with Gasteiger partial charge in [0.1, 0.15) is 0 Å². The van der Waals surface area contributed by atoms with E-state index in [1.807, 2.05) is 24.3 Å². The Morgan fingerprint density at radius 2 is 1.64 bits per heavy atom. The molecule has 1 amide bonds. The van der Waals surface area contributed by atoms with Gasteiger partial charge in [-0.25, -0.2) is 13.6 Å². The first kappa shape index (κ1) is 19.0. The SMILES string of the molecule is CC(C)c1ccc(NCC(=O)NCc2ccc(S(N)(=O)=O)cc2)cc1. The average Bonchev–Trinajstić information content (AvgIpc) is 2.58. The van der Waals surface area contributed by atoms with E-state index in [0.717, 1.165) is 11.3 Å². The Morgan fingerprint density at radius 3 is 2.16 bits per heavy atom. The highest BCUT2D eigenvalue weighted by Crippen LogP contribution is 2.16. The minimum atomic E-state index is -3.70. The van der Waals surface area contributed by atoms with E-state index in [1.165, 1.54) is 17.7 Å². The highest BCUT2D eigenvalue weighted by molar-refractivity contribution is 7.89. The van der Waals surface area contributed by atoms with Gasteiger partial charge in [0.15, 0.2) is 0 Å². The largest absolute Gasteiger partial charge is 0.376 e. The van der Waals surface area contributed by atoms with Gasteiger partial charge in [-0.2, -0.15) is 0 Å². The molecule has 2 rings (SSSR count). The summed E-state index contributed by atoms with van der Waals surface area (Å²) in [5.74, 6) is 0.321. The van der Waals surface area contributed by atoms with E-state index in [4.69, 9.17) is 5.14 Å². The lowest BCUT2D eigenvalue weighted by Crippen LogP contribution is -2.29. The lowest BCUT2D eigenvalue weighted by molar-refractivity contribution is -0.119. The Kier molecular flexibility index (Phi) is 6.17. The molecule has 2 aromatic carbocycles. The van der Waals surface area contributed by atoms with Gasteiger partial charge in [0.05, 0.1) is 11.4 Å².